The molecule has 3 unspecified atom stereocenters. The molecule has 6 heteroatoms. The molecule has 0 amide bonds. The van der Waals surface area contributed by atoms with Crippen molar-refractivity contribution in [2.45, 2.75) is 65.5 Å². The smallest absolute Gasteiger partial charge is 0.340 e. The van der Waals surface area contributed by atoms with E-state index in [1.807, 2.05) is 31.2 Å². The van der Waals surface area contributed by atoms with Gasteiger partial charge in [0, 0.05) is 12.0 Å². The third-order valence-corrected chi connectivity index (χ3v) is 5.33. The summed E-state index contributed by atoms with van der Waals surface area (Å²) in [5, 5.41) is 9.50. The van der Waals surface area contributed by atoms with Crippen molar-refractivity contribution in [2.24, 2.45) is 0 Å². The summed E-state index contributed by atoms with van der Waals surface area (Å²) < 4.78 is 15.7. The molecule has 0 aromatic heterocycles. The summed E-state index contributed by atoms with van der Waals surface area (Å²) in [5.74, 6) is -0.901. The standard InChI is InChI=1S/C25H32O6/c1-7-29-18(4)31-24(28)20-10-14-22(15-11-20)25(5,6)21-12-8-19(9-13-21)23(27)30-17(3)16(2)26/h8-18,26H,7H2,1-6H3. The van der Waals surface area contributed by atoms with Gasteiger partial charge in [0.1, 0.15) is 6.10 Å². The van der Waals surface area contributed by atoms with Crippen LogP contribution in [-0.2, 0) is 19.6 Å². The van der Waals surface area contributed by atoms with Crippen LogP contribution in [0.15, 0.2) is 48.5 Å². The topological polar surface area (TPSA) is 82.1 Å². The van der Waals surface area contributed by atoms with Crippen LogP contribution in [0.25, 0.3) is 0 Å². The predicted octanol–water partition coefficient (Wildman–Crippen LogP) is 4.48. The quantitative estimate of drug-likeness (QED) is 0.468. The number of hydrogen-bond acceptors (Lipinski definition) is 6. The molecule has 0 spiro atoms. The van der Waals surface area contributed by atoms with Crippen molar-refractivity contribution >= 4 is 11.9 Å². The number of carbonyl (C=O) groups is 2. The largest absolute Gasteiger partial charge is 0.456 e. The highest BCUT2D eigenvalue weighted by molar-refractivity contribution is 5.90. The van der Waals surface area contributed by atoms with Crippen LogP contribution in [0.4, 0.5) is 0 Å². The van der Waals surface area contributed by atoms with E-state index in [1.165, 1.54) is 0 Å². The van der Waals surface area contributed by atoms with Gasteiger partial charge in [-0.3, -0.25) is 0 Å². The van der Waals surface area contributed by atoms with Crippen LogP contribution >= 0.6 is 0 Å². The molecular weight excluding hydrogens is 396 g/mol. The Morgan fingerprint density at radius 3 is 1.65 bits per heavy atom. The summed E-state index contributed by atoms with van der Waals surface area (Å²) >= 11 is 0. The van der Waals surface area contributed by atoms with Crippen LogP contribution in [0.5, 0.6) is 0 Å². The number of ether oxygens (including phenoxy) is 3. The Hall–Kier alpha value is -2.70. The van der Waals surface area contributed by atoms with Crippen LogP contribution in [0.1, 0.15) is 73.4 Å². The minimum atomic E-state index is -0.732. The zero-order valence-corrected chi connectivity index (χ0v) is 19.0. The van der Waals surface area contributed by atoms with E-state index in [0.29, 0.717) is 17.7 Å². The average Bonchev–Trinajstić information content (AvgIpc) is 2.73. The highest BCUT2D eigenvalue weighted by Crippen LogP contribution is 2.32. The molecule has 0 fully saturated rings. The highest BCUT2D eigenvalue weighted by Gasteiger charge is 2.24. The van der Waals surface area contributed by atoms with Gasteiger partial charge in [-0.1, -0.05) is 38.1 Å². The Morgan fingerprint density at radius 1 is 0.839 bits per heavy atom. The van der Waals surface area contributed by atoms with Crippen molar-refractivity contribution in [1.82, 2.24) is 0 Å². The lowest BCUT2D eigenvalue weighted by Gasteiger charge is -2.26. The van der Waals surface area contributed by atoms with E-state index in [9.17, 15) is 14.7 Å². The SMILES string of the molecule is CCOC(C)OC(=O)c1ccc(C(C)(C)c2ccc(C(=O)OC(C)C(C)O)cc2)cc1. The summed E-state index contributed by atoms with van der Waals surface area (Å²) in [5.41, 5.74) is 2.55. The molecule has 2 aromatic carbocycles. The minimum absolute atomic E-state index is 0.351. The van der Waals surface area contributed by atoms with Crippen LogP contribution in [0.3, 0.4) is 0 Å². The Morgan fingerprint density at radius 2 is 1.26 bits per heavy atom. The van der Waals surface area contributed by atoms with Crippen molar-refractivity contribution in [1.29, 1.82) is 0 Å². The molecule has 0 saturated carbocycles. The number of benzene rings is 2. The lowest BCUT2D eigenvalue weighted by atomic mass is 9.78. The van der Waals surface area contributed by atoms with Crippen molar-refractivity contribution in [3.8, 4) is 0 Å². The first kappa shape index (κ1) is 24.6. The van der Waals surface area contributed by atoms with Gasteiger partial charge in [0.05, 0.1) is 17.2 Å². The second-order valence-corrected chi connectivity index (χ2v) is 8.06. The third-order valence-electron chi connectivity index (χ3n) is 5.33. The zero-order chi connectivity index (χ0) is 23.2. The average molecular weight is 429 g/mol. The molecule has 1 N–H and O–H groups in total. The van der Waals surface area contributed by atoms with Crippen LogP contribution in [0, 0.1) is 0 Å². The van der Waals surface area contributed by atoms with Gasteiger partial charge < -0.3 is 19.3 Å². The first-order valence-electron chi connectivity index (χ1n) is 10.5. The predicted molar refractivity (Wildman–Crippen MR) is 118 cm³/mol. The van der Waals surface area contributed by atoms with Crippen molar-refractivity contribution in [2.75, 3.05) is 6.61 Å². The molecule has 0 aliphatic rings. The number of carbonyl (C=O) groups excluding carboxylic acids is 2. The minimum Gasteiger partial charge on any atom is -0.456 e. The molecule has 0 saturated heterocycles. The van der Waals surface area contributed by atoms with E-state index >= 15 is 0 Å². The highest BCUT2D eigenvalue weighted by atomic mass is 16.7. The van der Waals surface area contributed by atoms with Crippen molar-refractivity contribution in [3.05, 3.63) is 70.8 Å². The number of rotatable bonds is 9. The van der Waals surface area contributed by atoms with Crippen molar-refractivity contribution in [3.63, 3.8) is 0 Å². The van der Waals surface area contributed by atoms with E-state index in [-0.39, 0.29) is 5.41 Å². The lowest BCUT2D eigenvalue weighted by molar-refractivity contribution is -0.0941. The molecule has 0 radical (unpaired) electrons. The summed E-state index contributed by atoms with van der Waals surface area (Å²) in [7, 11) is 0. The normalized spacial score (nSPS) is 14.4. The summed E-state index contributed by atoms with van der Waals surface area (Å²) in [6.07, 6.45) is -1.91. The van der Waals surface area contributed by atoms with E-state index in [2.05, 4.69) is 13.8 Å². The van der Waals surface area contributed by atoms with Gasteiger partial charge in [0.2, 0.25) is 0 Å². The molecule has 6 nitrogen and oxygen atoms in total. The summed E-state index contributed by atoms with van der Waals surface area (Å²) in [6, 6.07) is 14.5. The number of aliphatic hydroxyl groups is 1. The second-order valence-electron chi connectivity index (χ2n) is 8.06. The summed E-state index contributed by atoms with van der Waals surface area (Å²) in [6.45, 7) is 11.4. The Kier molecular flexibility index (Phi) is 8.36. The maximum atomic E-state index is 12.2. The maximum absolute atomic E-state index is 12.2. The van der Waals surface area contributed by atoms with Gasteiger partial charge in [0.15, 0.2) is 6.29 Å². The molecule has 0 heterocycles. The molecular formula is C25H32O6. The third kappa shape index (κ3) is 6.39. The Balaban J connectivity index is 2.12. The molecule has 168 valence electrons. The molecule has 0 aliphatic heterocycles. The fourth-order valence-corrected chi connectivity index (χ4v) is 3.04. The van der Waals surface area contributed by atoms with E-state index in [0.717, 1.165) is 11.1 Å². The van der Waals surface area contributed by atoms with Gasteiger partial charge >= 0.3 is 11.9 Å². The first-order chi connectivity index (χ1) is 14.6. The Labute approximate surface area is 184 Å². The second kappa shape index (κ2) is 10.6. The molecule has 31 heavy (non-hydrogen) atoms. The van der Waals surface area contributed by atoms with Crippen LogP contribution in [0.2, 0.25) is 0 Å². The zero-order valence-electron chi connectivity index (χ0n) is 19.0. The van der Waals surface area contributed by atoms with Gasteiger partial charge in [0.25, 0.3) is 0 Å². The summed E-state index contributed by atoms with van der Waals surface area (Å²) in [4.78, 5) is 24.4. The van der Waals surface area contributed by atoms with Gasteiger partial charge in [-0.05, 0) is 63.1 Å². The number of esters is 2. The fraction of sp³-hybridized carbons (Fsp3) is 0.440. The molecule has 0 aliphatic carbocycles. The first-order valence-corrected chi connectivity index (χ1v) is 10.5. The van der Waals surface area contributed by atoms with Gasteiger partial charge in [-0.15, -0.1) is 0 Å². The molecule has 2 aromatic rings. The van der Waals surface area contributed by atoms with Gasteiger partial charge in [-0.25, -0.2) is 9.59 Å². The van der Waals surface area contributed by atoms with Crippen LogP contribution in [-0.4, -0.2) is 42.1 Å². The maximum Gasteiger partial charge on any atom is 0.340 e. The van der Waals surface area contributed by atoms with E-state index < -0.39 is 30.4 Å². The Bertz CT molecular complexity index is 868. The van der Waals surface area contributed by atoms with E-state index in [1.54, 1.807) is 45.0 Å². The monoisotopic (exact) mass is 428 g/mol. The molecule has 2 rings (SSSR count). The lowest BCUT2D eigenvalue weighted by Crippen LogP contribution is -2.26. The van der Waals surface area contributed by atoms with Crippen LogP contribution < -0.4 is 0 Å². The molecule has 3 atom stereocenters. The number of hydrogen-bond donors (Lipinski definition) is 1. The fourth-order valence-electron chi connectivity index (χ4n) is 3.04. The molecule has 0 bridgehead atoms. The van der Waals surface area contributed by atoms with E-state index in [4.69, 9.17) is 14.2 Å². The van der Waals surface area contributed by atoms with Gasteiger partial charge in [-0.2, -0.15) is 0 Å². The van der Waals surface area contributed by atoms with Crippen molar-refractivity contribution < 1.29 is 28.9 Å². The number of aliphatic hydroxyl groups excluding tert-OH is 1.